The molecule has 0 spiro atoms. The first kappa shape index (κ1) is 18.4. The van der Waals surface area contributed by atoms with E-state index in [1.54, 1.807) is 11.8 Å². The topological polar surface area (TPSA) is 112 Å². The molecule has 1 aromatic carbocycles. The molecule has 1 saturated heterocycles. The molecule has 1 fully saturated rings. The Balaban J connectivity index is 1.79. The summed E-state index contributed by atoms with van der Waals surface area (Å²) in [5.41, 5.74) is 0.304. The summed E-state index contributed by atoms with van der Waals surface area (Å²) in [7, 11) is -3.91. The second kappa shape index (κ2) is 6.71. The number of piperidine rings is 1. The summed E-state index contributed by atoms with van der Waals surface area (Å²) >= 11 is 0. The Morgan fingerprint density at radius 2 is 1.88 bits per heavy atom. The van der Waals surface area contributed by atoms with Crippen molar-refractivity contribution in [2.45, 2.75) is 31.1 Å². The van der Waals surface area contributed by atoms with E-state index in [2.05, 4.69) is 0 Å². The molecule has 0 radical (unpaired) electrons. The molecule has 0 aromatic heterocycles. The zero-order chi connectivity index (χ0) is 19.1. The zero-order valence-corrected chi connectivity index (χ0v) is 15.2. The summed E-state index contributed by atoms with van der Waals surface area (Å²) in [6.45, 7) is 2.48. The normalized spacial score (nSPS) is 19.5. The van der Waals surface area contributed by atoms with Crippen LogP contribution in [0.4, 0.5) is 0 Å². The second-order valence-corrected chi connectivity index (χ2v) is 8.35. The van der Waals surface area contributed by atoms with Crippen molar-refractivity contribution in [2.24, 2.45) is 5.92 Å². The van der Waals surface area contributed by atoms with Gasteiger partial charge in [0.25, 0.3) is 21.8 Å². The average Bonchev–Trinajstić information content (AvgIpc) is 2.80. The van der Waals surface area contributed by atoms with Gasteiger partial charge in [0.2, 0.25) is 0 Å². The molecule has 1 aromatic rings. The van der Waals surface area contributed by atoms with Crippen molar-refractivity contribution in [3.63, 3.8) is 0 Å². The van der Waals surface area contributed by atoms with Crippen LogP contribution < -0.4 is 0 Å². The maximum Gasteiger partial charge on any atom is 0.303 e. The lowest BCUT2D eigenvalue weighted by Crippen LogP contribution is -2.39. The first-order valence-electron chi connectivity index (χ1n) is 8.48. The Bertz CT molecular complexity index is 871. The second-order valence-electron chi connectivity index (χ2n) is 6.52. The Morgan fingerprint density at radius 3 is 2.46 bits per heavy atom. The molecular weight excluding hydrogens is 360 g/mol. The fourth-order valence-corrected chi connectivity index (χ4v) is 5.09. The molecule has 9 heteroatoms. The highest BCUT2D eigenvalue weighted by Gasteiger charge is 2.40. The molecular formula is C17H20N2O6S. The SMILES string of the molecule is CCN1C(=O)c2ccc(C(=O)N3CCC(CC(=O)O)CC3)cc2S1(=O)=O. The summed E-state index contributed by atoms with van der Waals surface area (Å²) < 4.78 is 25.7. The van der Waals surface area contributed by atoms with E-state index in [4.69, 9.17) is 5.11 Å². The Hall–Kier alpha value is -2.42. The number of carboxylic acid groups (broad SMARTS) is 1. The number of hydrogen-bond acceptors (Lipinski definition) is 5. The van der Waals surface area contributed by atoms with Crippen molar-refractivity contribution in [1.82, 2.24) is 9.21 Å². The summed E-state index contributed by atoms with van der Waals surface area (Å²) in [6.07, 6.45) is 1.29. The summed E-state index contributed by atoms with van der Waals surface area (Å²) in [5, 5.41) is 8.85. The Kier molecular flexibility index (Phi) is 4.74. The molecule has 140 valence electrons. The lowest BCUT2D eigenvalue weighted by atomic mass is 9.93. The smallest absolute Gasteiger partial charge is 0.303 e. The minimum Gasteiger partial charge on any atom is -0.481 e. The molecule has 2 aliphatic rings. The van der Waals surface area contributed by atoms with Gasteiger partial charge in [-0.2, -0.15) is 0 Å². The zero-order valence-electron chi connectivity index (χ0n) is 14.3. The summed E-state index contributed by atoms with van der Waals surface area (Å²) in [6, 6.07) is 4.12. The quantitative estimate of drug-likeness (QED) is 0.839. The van der Waals surface area contributed by atoms with E-state index in [0.29, 0.717) is 25.9 Å². The van der Waals surface area contributed by atoms with Gasteiger partial charge >= 0.3 is 5.97 Å². The van der Waals surface area contributed by atoms with Gasteiger partial charge in [-0.05, 0) is 43.9 Å². The van der Waals surface area contributed by atoms with Gasteiger partial charge in [0.15, 0.2) is 0 Å². The third-order valence-corrected chi connectivity index (χ3v) is 6.80. The van der Waals surface area contributed by atoms with Gasteiger partial charge in [0.1, 0.15) is 4.90 Å². The Labute approximate surface area is 151 Å². The van der Waals surface area contributed by atoms with E-state index in [0.717, 1.165) is 4.31 Å². The number of amides is 2. The largest absolute Gasteiger partial charge is 0.481 e. The van der Waals surface area contributed by atoms with Gasteiger partial charge in [-0.3, -0.25) is 14.4 Å². The van der Waals surface area contributed by atoms with Gasteiger partial charge in [-0.15, -0.1) is 0 Å². The van der Waals surface area contributed by atoms with Crippen molar-refractivity contribution < 1.29 is 27.9 Å². The van der Waals surface area contributed by atoms with Gasteiger partial charge in [-0.25, -0.2) is 12.7 Å². The number of rotatable bonds is 4. The van der Waals surface area contributed by atoms with Crippen molar-refractivity contribution in [1.29, 1.82) is 0 Å². The molecule has 8 nitrogen and oxygen atoms in total. The first-order valence-corrected chi connectivity index (χ1v) is 9.92. The van der Waals surface area contributed by atoms with Gasteiger partial charge in [0, 0.05) is 31.6 Å². The monoisotopic (exact) mass is 380 g/mol. The molecule has 2 amide bonds. The number of nitrogens with zero attached hydrogens (tertiary/aromatic N) is 2. The van der Waals surface area contributed by atoms with Crippen LogP contribution in [0.1, 0.15) is 46.9 Å². The molecule has 2 heterocycles. The highest BCUT2D eigenvalue weighted by molar-refractivity contribution is 7.90. The predicted octanol–water partition coefficient (Wildman–Crippen LogP) is 1.18. The highest BCUT2D eigenvalue weighted by Crippen LogP contribution is 2.31. The van der Waals surface area contributed by atoms with Gasteiger partial charge < -0.3 is 10.0 Å². The molecule has 0 bridgehead atoms. The maximum absolute atomic E-state index is 12.7. The Morgan fingerprint density at radius 1 is 1.23 bits per heavy atom. The van der Waals surface area contributed by atoms with Crippen LogP contribution >= 0.6 is 0 Å². The number of carbonyl (C=O) groups excluding carboxylic acids is 2. The van der Waals surface area contributed by atoms with Crippen LogP contribution in [0.25, 0.3) is 0 Å². The van der Waals surface area contributed by atoms with E-state index < -0.39 is 21.9 Å². The lowest BCUT2D eigenvalue weighted by Gasteiger charge is -2.31. The maximum atomic E-state index is 12.7. The number of hydrogen-bond donors (Lipinski definition) is 1. The molecule has 1 N–H and O–H groups in total. The molecule has 0 saturated carbocycles. The number of benzene rings is 1. The van der Waals surface area contributed by atoms with Crippen molar-refractivity contribution in [3.8, 4) is 0 Å². The number of sulfonamides is 1. The van der Waals surface area contributed by atoms with Crippen molar-refractivity contribution in [3.05, 3.63) is 29.3 Å². The third kappa shape index (κ3) is 3.07. The van der Waals surface area contributed by atoms with Crippen molar-refractivity contribution >= 4 is 27.8 Å². The number of likely N-dealkylation sites (tertiary alicyclic amines) is 1. The fourth-order valence-electron chi connectivity index (χ4n) is 3.49. The molecule has 2 aliphatic heterocycles. The van der Waals surface area contributed by atoms with Crippen molar-refractivity contribution in [2.75, 3.05) is 19.6 Å². The van der Waals surface area contributed by atoms with Crippen LogP contribution in [0, 0.1) is 5.92 Å². The summed E-state index contributed by atoms with van der Waals surface area (Å²) in [5.74, 6) is -1.67. The number of carbonyl (C=O) groups is 3. The molecule has 0 atom stereocenters. The highest BCUT2D eigenvalue weighted by atomic mass is 32.2. The van der Waals surface area contributed by atoms with Crippen LogP contribution in [0.2, 0.25) is 0 Å². The van der Waals surface area contributed by atoms with Crippen LogP contribution in [-0.4, -0.2) is 60.1 Å². The van der Waals surface area contributed by atoms with Crippen LogP contribution in [0.3, 0.4) is 0 Å². The minimum absolute atomic E-state index is 0.0379. The van der Waals surface area contributed by atoms with Gasteiger partial charge in [-0.1, -0.05) is 0 Å². The number of carboxylic acids is 1. The lowest BCUT2D eigenvalue weighted by molar-refractivity contribution is -0.138. The van der Waals surface area contributed by atoms with E-state index in [-0.39, 0.29) is 40.8 Å². The minimum atomic E-state index is -3.91. The standard InChI is InChI=1S/C17H20N2O6S/c1-2-19-17(23)13-4-3-12(10-14(13)26(19,24)25)16(22)18-7-5-11(6-8-18)9-15(20)21/h3-4,10-11H,2,5-9H2,1H3,(H,20,21). The fraction of sp³-hybridized carbons (Fsp3) is 0.471. The van der Waals surface area contributed by atoms with E-state index >= 15 is 0 Å². The van der Waals surface area contributed by atoms with Crippen LogP contribution in [0.15, 0.2) is 23.1 Å². The third-order valence-electron chi connectivity index (χ3n) is 4.91. The molecule has 0 unspecified atom stereocenters. The number of fused-ring (bicyclic) bond motifs is 1. The average molecular weight is 380 g/mol. The predicted molar refractivity (Wildman–Crippen MR) is 91.2 cm³/mol. The van der Waals surface area contributed by atoms with E-state index in [1.807, 2.05) is 0 Å². The van der Waals surface area contributed by atoms with Crippen LogP contribution in [0.5, 0.6) is 0 Å². The molecule has 0 aliphatic carbocycles. The van der Waals surface area contributed by atoms with E-state index in [9.17, 15) is 22.8 Å². The van der Waals surface area contributed by atoms with Crippen LogP contribution in [-0.2, 0) is 14.8 Å². The molecule has 26 heavy (non-hydrogen) atoms. The van der Waals surface area contributed by atoms with E-state index in [1.165, 1.54) is 18.2 Å². The first-order chi connectivity index (χ1) is 12.3. The number of aliphatic carboxylic acids is 1. The van der Waals surface area contributed by atoms with Gasteiger partial charge in [0.05, 0.1) is 5.56 Å². The summed E-state index contributed by atoms with van der Waals surface area (Å²) in [4.78, 5) is 37.1. The molecule has 3 rings (SSSR count).